The number of aromatic nitrogens is 3. The summed E-state index contributed by atoms with van der Waals surface area (Å²) in [5.41, 5.74) is 5.76. The van der Waals surface area contributed by atoms with Gasteiger partial charge in [0.25, 0.3) is 5.91 Å². The molecule has 0 atom stereocenters. The maximum Gasteiger partial charge on any atom is 0.341 e. The second-order valence-corrected chi connectivity index (χ2v) is 3.63. The van der Waals surface area contributed by atoms with Crippen LogP contribution in [0.4, 0.5) is 0 Å². The van der Waals surface area contributed by atoms with E-state index < -0.39 is 11.9 Å². The van der Waals surface area contributed by atoms with Crippen molar-refractivity contribution in [1.29, 1.82) is 0 Å². The number of nitrogens with two attached hydrogens (primary N) is 1. The van der Waals surface area contributed by atoms with E-state index in [0.29, 0.717) is 0 Å². The highest BCUT2D eigenvalue weighted by molar-refractivity contribution is 5.96. The molecule has 0 saturated carbocycles. The summed E-state index contributed by atoms with van der Waals surface area (Å²) in [4.78, 5) is 26.8. The molecule has 0 radical (unpaired) electrons. The lowest BCUT2D eigenvalue weighted by Crippen LogP contribution is -2.16. The van der Waals surface area contributed by atoms with E-state index in [0.717, 1.165) is 0 Å². The van der Waals surface area contributed by atoms with Crippen molar-refractivity contribution in [2.45, 2.75) is 6.92 Å². The molecule has 2 aromatic heterocycles. The van der Waals surface area contributed by atoms with E-state index in [2.05, 4.69) is 10.1 Å². The van der Waals surface area contributed by atoms with Crippen LogP contribution >= 0.6 is 0 Å². The van der Waals surface area contributed by atoms with Crippen molar-refractivity contribution in [3.05, 3.63) is 41.9 Å². The molecule has 0 fully saturated rings. The zero-order valence-electron chi connectivity index (χ0n) is 10.2. The van der Waals surface area contributed by atoms with Gasteiger partial charge in [0.1, 0.15) is 0 Å². The summed E-state index contributed by atoms with van der Waals surface area (Å²) in [5.74, 6) is -0.827. The van der Waals surface area contributed by atoms with Crippen molar-refractivity contribution in [3.8, 4) is 5.82 Å². The largest absolute Gasteiger partial charge is 0.462 e. The Bertz CT molecular complexity index is 621. The number of carbonyl (C=O) groups excluding carboxylic acids is 2. The van der Waals surface area contributed by atoms with Gasteiger partial charge in [-0.1, -0.05) is 0 Å². The number of pyridine rings is 1. The molecule has 0 aliphatic carbocycles. The number of esters is 1. The average molecular weight is 260 g/mol. The minimum absolute atomic E-state index is 0.223. The number of carbonyl (C=O) groups is 2. The highest BCUT2D eigenvalue weighted by Crippen LogP contribution is 2.11. The van der Waals surface area contributed by atoms with Gasteiger partial charge < -0.3 is 10.5 Å². The summed E-state index contributed by atoms with van der Waals surface area (Å²) in [6.45, 7) is 1.99. The Labute approximate surface area is 109 Å². The molecule has 0 spiro atoms. The van der Waals surface area contributed by atoms with E-state index in [-0.39, 0.29) is 23.6 Å². The fraction of sp³-hybridized carbons (Fsp3) is 0.167. The molecule has 2 heterocycles. The summed E-state index contributed by atoms with van der Waals surface area (Å²) in [5, 5.41) is 3.98. The molecule has 0 saturated heterocycles. The number of ether oxygens (including phenoxy) is 1. The molecule has 0 aliphatic rings. The van der Waals surface area contributed by atoms with Crippen LogP contribution in [0.15, 0.2) is 30.7 Å². The van der Waals surface area contributed by atoms with Crippen molar-refractivity contribution in [3.63, 3.8) is 0 Å². The van der Waals surface area contributed by atoms with Gasteiger partial charge in [0.05, 0.1) is 23.9 Å². The standard InChI is InChI=1S/C12H12N4O3/c1-2-19-12(18)8-6-15-16(7-8)11-9(10(13)17)4-3-5-14-11/h3-7H,2H2,1H3,(H2,13,17). The second kappa shape index (κ2) is 5.30. The molecule has 7 nitrogen and oxygen atoms in total. The smallest absolute Gasteiger partial charge is 0.341 e. The molecule has 0 aliphatic heterocycles. The number of amides is 1. The quantitative estimate of drug-likeness (QED) is 0.809. The molecule has 19 heavy (non-hydrogen) atoms. The van der Waals surface area contributed by atoms with Crippen LogP contribution in [-0.4, -0.2) is 33.2 Å². The first-order valence-electron chi connectivity index (χ1n) is 5.60. The molecule has 0 unspecified atom stereocenters. The van der Waals surface area contributed by atoms with E-state index in [1.807, 2.05) is 0 Å². The van der Waals surface area contributed by atoms with E-state index >= 15 is 0 Å². The van der Waals surface area contributed by atoms with Crippen molar-refractivity contribution in [2.75, 3.05) is 6.61 Å². The van der Waals surface area contributed by atoms with Gasteiger partial charge in [-0.15, -0.1) is 0 Å². The molecular weight excluding hydrogens is 248 g/mol. The van der Waals surface area contributed by atoms with Gasteiger partial charge in [0, 0.05) is 12.4 Å². The van der Waals surface area contributed by atoms with E-state index in [1.165, 1.54) is 29.3 Å². The first kappa shape index (κ1) is 12.7. The van der Waals surface area contributed by atoms with Crippen LogP contribution in [0.3, 0.4) is 0 Å². The first-order valence-corrected chi connectivity index (χ1v) is 5.60. The Morgan fingerprint density at radius 2 is 2.26 bits per heavy atom. The van der Waals surface area contributed by atoms with Gasteiger partial charge >= 0.3 is 5.97 Å². The summed E-state index contributed by atoms with van der Waals surface area (Å²) >= 11 is 0. The van der Waals surface area contributed by atoms with Crippen LogP contribution < -0.4 is 5.73 Å². The topological polar surface area (TPSA) is 100 Å². The lowest BCUT2D eigenvalue weighted by Gasteiger charge is -2.04. The summed E-state index contributed by atoms with van der Waals surface area (Å²) in [7, 11) is 0. The van der Waals surface area contributed by atoms with Crippen LogP contribution in [0.25, 0.3) is 5.82 Å². The normalized spacial score (nSPS) is 10.2. The second-order valence-electron chi connectivity index (χ2n) is 3.63. The third-order valence-electron chi connectivity index (χ3n) is 2.36. The van der Waals surface area contributed by atoms with Crippen LogP contribution in [0.5, 0.6) is 0 Å². The van der Waals surface area contributed by atoms with Gasteiger partial charge in [0.2, 0.25) is 0 Å². The third-order valence-corrected chi connectivity index (χ3v) is 2.36. The Balaban J connectivity index is 2.38. The molecule has 1 amide bonds. The van der Waals surface area contributed by atoms with Gasteiger partial charge in [-0.2, -0.15) is 5.10 Å². The van der Waals surface area contributed by atoms with Crippen molar-refractivity contribution < 1.29 is 14.3 Å². The predicted molar refractivity (Wildman–Crippen MR) is 65.8 cm³/mol. The molecule has 0 bridgehead atoms. The Morgan fingerprint density at radius 1 is 1.47 bits per heavy atom. The number of hydrogen-bond acceptors (Lipinski definition) is 5. The van der Waals surface area contributed by atoms with Crippen molar-refractivity contribution in [2.24, 2.45) is 5.73 Å². The minimum atomic E-state index is -0.615. The van der Waals surface area contributed by atoms with E-state index in [1.54, 1.807) is 13.0 Å². The van der Waals surface area contributed by atoms with Crippen molar-refractivity contribution >= 4 is 11.9 Å². The minimum Gasteiger partial charge on any atom is -0.462 e. The highest BCUT2D eigenvalue weighted by Gasteiger charge is 2.14. The monoisotopic (exact) mass is 260 g/mol. The maximum absolute atomic E-state index is 11.5. The van der Waals surface area contributed by atoms with Gasteiger partial charge in [-0.25, -0.2) is 14.5 Å². The molecule has 0 aromatic carbocycles. The zero-order chi connectivity index (χ0) is 13.8. The average Bonchev–Trinajstić information content (AvgIpc) is 2.88. The summed E-state index contributed by atoms with van der Waals surface area (Å²) in [6.07, 6.45) is 4.29. The SMILES string of the molecule is CCOC(=O)c1cnn(-c2ncccc2C(N)=O)c1. The molecule has 2 rings (SSSR count). The lowest BCUT2D eigenvalue weighted by molar-refractivity contribution is 0.0526. The van der Waals surface area contributed by atoms with Gasteiger partial charge in [-0.3, -0.25) is 4.79 Å². The zero-order valence-corrected chi connectivity index (χ0v) is 10.2. The first-order chi connectivity index (χ1) is 9.13. The Kier molecular flexibility index (Phi) is 3.56. The number of hydrogen-bond donors (Lipinski definition) is 1. The fourth-order valence-corrected chi connectivity index (χ4v) is 1.53. The summed E-state index contributed by atoms with van der Waals surface area (Å²) < 4.78 is 6.16. The molecule has 98 valence electrons. The predicted octanol–water partition coefficient (Wildman–Crippen LogP) is 0.543. The molecule has 2 N–H and O–H groups in total. The van der Waals surface area contributed by atoms with E-state index in [4.69, 9.17) is 10.5 Å². The number of primary amides is 1. The van der Waals surface area contributed by atoms with Gasteiger partial charge in [0.15, 0.2) is 5.82 Å². The van der Waals surface area contributed by atoms with Crippen LogP contribution in [0, 0.1) is 0 Å². The number of nitrogens with zero attached hydrogens (tertiary/aromatic N) is 3. The lowest BCUT2D eigenvalue weighted by atomic mass is 10.2. The molecule has 7 heteroatoms. The summed E-state index contributed by atoms with van der Waals surface area (Å²) in [6, 6.07) is 3.13. The molecular formula is C12H12N4O3. The number of rotatable bonds is 4. The Morgan fingerprint density at radius 3 is 2.95 bits per heavy atom. The van der Waals surface area contributed by atoms with Gasteiger partial charge in [-0.05, 0) is 19.1 Å². The van der Waals surface area contributed by atoms with Crippen LogP contribution in [-0.2, 0) is 4.74 Å². The van der Waals surface area contributed by atoms with Crippen molar-refractivity contribution in [1.82, 2.24) is 14.8 Å². The molecule has 2 aromatic rings. The van der Waals surface area contributed by atoms with Crippen LogP contribution in [0.1, 0.15) is 27.6 Å². The fourth-order valence-electron chi connectivity index (χ4n) is 1.53. The maximum atomic E-state index is 11.5. The highest BCUT2D eigenvalue weighted by atomic mass is 16.5. The van der Waals surface area contributed by atoms with Crippen LogP contribution in [0.2, 0.25) is 0 Å². The van der Waals surface area contributed by atoms with E-state index in [9.17, 15) is 9.59 Å². The third kappa shape index (κ3) is 2.59. The Hall–Kier alpha value is -2.70.